The van der Waals surface area contributed by atoms with Crippen LogP contribution in [0.4, 0.5) is 20.4 Å². The second-order valence-electron chi connectivity index (χ2n) is 3.20. The van der Waals surface area contributed by atoms with Gasteiger partial charge in [0, 0.05) is 6.07 Å². The first-order valence-electron chi connectivity index (χ1n) is 4.57. The third-order valence-corrected chi connectivity index (χ3v) is 1.91. The summed E-state index contributed by atoms with van der Waals surface area (Å²) in [4.78, 5) is 16.8. The molecule has 2 aromatic rings. The Bertz CT molecular complexity index is 613. The van der Waals surface area contributed by atoms with Crippen LogP contribution in [0.2, 0.25) is 0 Å². The maximum Gasteiger partial charge on any atom is 0.256 e. The Balaban J connectivity index is 2.34. The van der Waals surface area contributed by atoms with Crippen molar-refractivity contribution < 1.29 is 13.9 Å². The van der Waals surface area contributed by atoms with Crippen LogP contribution in [0.5, 0.6) is 5.88 Å². The number of rotatable bonds is 2. The summed E-state index contributed by atoms with van der Waals surface area (Å²) >= 11 is 0. The van der Waals surface area contributed by atoms with E-state index in [0.29, 0.717) is 6.07 Å². The fourth-order valence-corrected chi connectivity index (χ4v) is 1.22. The standard InChI is InChI=1S/C10H7F2N3O2/c11-5-1-2-7(6(12)3-5)13-10-14-8(16)4-9(17)15-10/h1-4H,(H3,13,14,15,16,17). The fraction of sp³-hybridized carbons (Fsp3) is 0. The van der Waals surface area contributed by atoms with E-state index >= 15 is 0 Å². The lowest BCUT2D eigenvalue weighted by Gasteiger charge is -2.06. The zero-order valence-corrected chi connectivity index (χ0v) is 8.37. The number of H-pyrrole nitrogens is 1. The number of hydrogen-bond donors (Lipinski definition) is 3. The Morgan fingerprint density at radius 3 is 2.71 bits per heavy atom. The van der Waals surface area contributed by atoms with Crippen LogP contribution in [0.1, 0.15) is 0 Å². The number of nitrogens with zero attached hydrogens (tertiary/aromatic N) is 1. The van der Waals surface area contributed by atoms with Gasteiger partial charge in [-0.1, -0.05) is 0 Å². The molecule has 5 nitrogen and oxygen atoms in total. The molecule has 0 unspecified atom stereocenters. The van der Waals surface area contributed by atoms with Crippen LogP contribution in [-0.2, 0) is 0 Å². The molecule has 0 aliphatic heterocycles. The predicted molar refractivity (Wildman–Crippen MR) is 56.2 cm³/mol. The van der Waals surface area contributed by atoms with Crippen molar-refractivity contribution >= 4 is 11.6 Å². The van der Waals surface area contributed by atoms with Gasteiger partial charge < -0.3 is 10.4 Å². The molecule has 0 saturated heterocycles. The van der Waals surface area contributed by atoms with Crippen molar-refractivity contribution in [3.8, 4) is 5.88 Å². The largest absolute Gasteiger partial charge is 0.493 e. The minimum Gasteiger partial charge on any atom is -0.493 e. The summed E-state index contributed by atoms with van der Waals surface area (Å²) in [5.74, 6) is -2.19. The second kappa shape index (κ2) is 4.20. The Morgan fingerprint density at radius 2 is 2.06 bits per heavy atom. The van der Waals surface area contributed by atoms with E-state index in [1.165, 1.54) is 0 Å². The molecule has 1 aromatic heterocycles. The van der Waals surface area contributed by atoms with Crippen molar-refractivity contribution in [3.05, 3.63) is 46.3 Å². The maximum atomic E-state index is 13.3. The van der Waals surface area contributed by atoms with E-state index in [1.807, 2.05) is 0 Å². The number of aromatic nitrogens is 2. The summed E-state index contributed by atoms with van der Waals surface area (Å²) in [6.07, 6.45) is 0. The first kappa shape index (κ1) is 11.1. The van der Waals surface area contributed by atoms with Gasteiger partial charge in [-0.05, 0) is 12.1 Å². The van der Waals surface area contributed by atoms with Crippen molar-refractivity contribution in [2.45, 2.75) is 0 Å². The molecule has 2 rings (SSSR count). The van der Waals surface area contributed by atoms with Gasteiger partial charge in [-0.15, -0.1) is 0 Å². The molecule has 17 heavy (non-hydrogen) atoms. The molecule has 0 saturated carbocycles. The number of aromatic amines is 1. The van der Waals surface area contributed by atoms with Gasteiger partial charge in [0.2, 0.25) is 11.8 Å². The molecule has 0 radical (unpaired) electrons. The van der Waals surface area contributed by atoms with Crippen molar-refractivity contribution in [1.82, 2.24) is 9.97 Å². The van der Waals surface area contributed by atoms with Crippen LogP contribution in [0.25, 0.3) is 0 Å². The zero-order chi connectivity index (χ0) is 12.4. The minimum absolute atomic E-state index is 0.0693. The number of nitrogens with one attached hydrogen (secondary N) is 2. The van der Waals surface area contributed by atoms with Crippen molar-refractivity contribution in [2.75, 3.05) is 5.32 Å². The lowest BCUT2D eigenvalue weighted by molar-refractivity contribution is 0.452. The molecule has 0 atom stereocenters. The lowest BCUT2D eigenvalue weighted by atomic mass is 10.3. The van der Waals surface area contributed by atoms with E-state index in [4.69, 9.17) is 5.11 Å². The molecule has 88 valence electrons. The monoisotopic (exact) mass is 239 g/mol. The van der Waals surface area contributed by atoms with E-state index < -0.39 is 23.1 Å². The van der Waals surface area contributed by atoms with Crippen LogP contribution in [0.3, 0.4) is 0 Å². The van der Waals surface area contributed by atoms with Crippen LogP contribution in [0.15, 0.2) is 29.1 Å². The Morgan fingerprint density at radius 1 is 1.29 bits per heavy atom. The third-order valence-electron chi connectivity index (χ3n) is 1.91. The molecular weight excluding hydrogens is 232 g/mol. The first-order chi connectivity index (χ1) is 8.04. The minimum atomic E-state index is -0.837. The van der Waals surface area contributed by atoms with Crippen molar-refractivity contribution in [1.29, 1.82) is 0 Å². The smallest absolute Gasteiger partial charge is 0.256 e. The highest BCUT2D eigenvalue weighted by molar-refractivity contribution is 5.54. The molecular formula is C10H7F2N3O2. The molecule has 0 aliphatic rings. The molecule has 0 aliphatic carbocycles. The highest BCUT2D eigenvalue weighted by Crippen LogP contribution is 2.18. The number of anilines is 2. The van der Waals surface area contributed by atoms with E-state index in [-0.39, 0.29) is 11.6 Å². The number of aromatic hydroxyl groups is 1. The number of benzene rings is 1. The molecule has 3 N–H and O–H groups in total. The quantitative estimate of drug-likeness (QED) is 0.742. The summed E-state index contributed by atoms with van der Waals surface area (Å²) in [6, 6.07) is 3.75. The van der Waals surface area contributed by atoms with Gasteiger partial charge in [-0.25, -0.2) is 8.78 Å². The third kappa shape index (κ3) is 2.57. The van der Waals surface area contributed by atoms with E-state index in [2.05, 4.69) is 15.3 Å². The summed E-state index contributed by atoms with van der Waals surface area (Å²) in [6.45, 7) is 0. The first-order valence-corrected chi connectivity index (χ1v) is 4.57. The van der Waals surface area contributed by atoms with Gasteiger partial charge in [-0.3, -0.25) is 9.78 Å². The highest BCUT2D eigenvalue weighted by Gasteiger charge is 2.06. The summed E-state index contributed by atoms with van der Waals surface area (Å²) in [5, 5.41) is 11.5. The van der Waals surface area contributed by atoms with Crippen LogP contribution in [0, 0.1) is 11.6 Å². The molecule has 7 heteroatoms. The fourth-order valence-electron chi connectivity index (χ4n) is 1.22. The van der Waals surface area contributed by atoms with Crippen LogP contribution in [-0.4, -0.2) is 15.1 Å². The topological polar surface area (TPSA) is 78.0 Å². The zero-order valence-electron chi connectivity index (χ0n) is 8.37. The van der Waals surface area contributed by atoms with Crippen molar-refractivity contribution in [2.24, 2.45) is 0 Å². The molecule has 1 heterocycles. The van der Waals surface area contributed by atoms with Gasteiger partial charge in [0.15, 0.2) is 0 Å². The van der Waals surface area contributed by atoms with Gasteiger partial charge in [-0.2, -0.15) is 4.98 Å². The van der Waals surface area contributed by atoms with Gasteiger partial charge in [0.05, 0.1) is 11.8 Å². The van der Waals surface area contributed by atoms with Gasteiger partial charge >= 0.3 is 0 Å². The predicted octanol–water partition coefficient (Wildman–Crippen LogP) is 1.50. The molecule has 0 spiro atoms. The Kier molecular flexibility index (Phi) is 2.73. The second-order valence-corrected chi connectivity index (χ2v) is 3.20. The van der Waals surface area contributed by atoms with E-state index in [9.17, 15) is 13.6 Å². The summed E-state index contributed by atoms with van der Waals surface area (Å²) in [7, 11) is 0. The SMILES string of the molecule is O=c1cc(O)nc(Nc2ccc(F)cc2F)[nH]1. The van der Waals surface area contributed by atoms with Crippen molar-refractivity contribution in [3.63, 3.8) is 0 Å². The van der Waals surface area contributed by atoms with Gasteiger partial charge in [0.1, 0.15) is 11.6 Å². The van der Waals surface area contributed by atoms with Crippen LogP contribution >= 0.6 is 0 Å². The molecule has 0 bridgehead atoms. The Hall–Kier alpha value is -2.44. The van der Waals surface area contributed by atoms with E-state index in [0.717, 1.165) is 18.2 Å². The molecule has 0 fully saturated rings. The van der Waals surface area contributed by atoms with Gasteiger partial charge in [0.25, 0.3) is 5.56 Å². The highest BCUT2D eigenvalue weighted by atomic mass is 19.1. The summed E-state index contributed by atoms with van der Waals surface area (Å²) < 4.78 is 25.9. The van der Waals surface area contributed by atoms with Crippen LogP contribution < -0.4 is 10.9 Å². The molecule has 1 aromatic carbocycles. The maximum absolute atomic E-state index is 13.3. The summed E-state index contributed by atoms with van der Waals surface area (Å²) in [5.41, 5.74) is -0.664. The number of hydrogen-bond acceptors (Lipinski definition) is 4. The normalized spacial score (nSPS) is 10.2. The molecule has 0 amide bonds. The lowest BCUT2D eigenvalue weighted by Crippen LogP contribution is -2.09. The average Bonchev–Trinajstić information content (AvgIpc) is 2.21. The average molecular weight is 239 g/mol. The number of halogens is 2. The Labute approximate surface area is 93.8 Å². The van der Waals surface area contributed by atoms with E-state index in [1.54, 1.807) is 0 Å².